The minimum atomic E-state index is -2.31. The first-order chi connectivity index (χ1) is 9.29. The van der Waals surface area contributed by atoms with E-state index in [0.717, 1.165) is 11.7 Å². The van der Waals surface area contributed by atoms with Crippen LogP contribution < -0.4 is 5.30 Å². The van der Waals surface area contributed by atoms with Gasteiger partial charge in [-0.1, -0.05) is 72.8 Å². The molecule has 3 rings (SSSR count). The lowest BCUT2D eigenvalue weighted by molar-refractivity contribution is 0.579. The summed E-state index contributed by atoms with van der Waals surface area (Å²) in [5, 5.41) is 1.01. The van der Waals surface area contributed by atoms with Crippen molar-refractivity contribution in [3.63, 3.8) is 0 Å². The Balaban J connectivity index is 1.89. The fourth-order valence-electron chi connectivity index (χ4n) is 2.70. The Bertz CT molecular complexity index is 616. The smallest absolute Gasteiger partial charge is 0.126 e. The highest BCUT2D eigenvalue weighted by atomic mass is 31.2. The molecule has 1 heterocycles. The van der Waals surface area contributed by atoms with E-state index in [1.807, 2.05) is 48.5 Å². The molecular formula is C17H17OP. The van der Waals surface area contributed by atoms with Crippen molar-refractivity contribution in [3.05, 3.63) is 78.4 Å². The van der Waals surface area contributed by atoms with Gasteiger partial charge in [0.15, 0.2) is 0 Å². The largest absolute Gasteiger partial charge is 0.318 e. The molecule has 0 saturated carbocycles. The molecule has 0 amide bonds. The van der Waals surface area contributed by atoms with Gasteiger partial charge in [-0.15, -0.1) is 0 Å². The monoisotopic (exact) mass is 268 g/mol. The van der Waals surface area contributed by atoms with Gasteiger partial charge in [0.05, 0.1) is 0 Å². The van der Waals surface area contributed by atoms with Crippen LogP contribution in [0.4, 0.5) is 0 Å². The molecule has 0 spiro atoms. The van der Waals surface area contributed by atoms with Crippen molar-refractivity contribution in [2.24, 2.45) is 0 Å². The molecule has 2 aromatic carbocycles. The molecule has 0 bridgehead atoms. The SMILES string of the molecule is O=P1(c2ccccc2)CC=CC1Cc1ccccc1. The van der Waals surface area contributed by atoms with Crippen LogP contribution in [-0.2, 0) is 11.0 Å². The predicted octanol–water partition coefficient (Wildman–Crippen LogP) is 3.86. The van der Waals surface area contributed by atoms with Crippen LogP contribution in [-0.4, -0.2) is 11.8 Å². The summed E-state index contributed by atoms with van der Waals surface area (Å²) in [4.78, 5) is 0. The summed E-state index contributed by atoms with van der Waals surface area (Å²) >= 11 is 0. The third kappa shape index (κ3) is 2.43. The van der Waals surface area contributed by atoms with Crippen molar-refractivity contribution in [3.8, 4) is 0 Å². The molecule has 1 nitrogen and oxygen atoms in total. The standard InChI is InChI=1S/C17H17OP/c18-19(16-10-5-2-6-11-16)13-7-12-17(19)14-15-8-3-1-4-9-15/h1-12,17H,13-14H2. The molecule has 1 aliphatic heterocycles. The topological polar surface area (TPSA) is 17.1 Å². The zero-order valence-corrected chi connectivity index (χ0v) is 11.7. The molecule has 2 atom stereocenters. The molecular weight excluding hydrogens is 251 g/mol. The normalized spacial score (nSPS) is 25.6. The lowest BCUT2D eigenvalue weighted by Gasteiger charge is -2.21. The van der Waals surface area contributed by atoms with E-state index in [2.05, 4.69) is 24.3 Å². The van der Waals surface area contributed by atoms with Gasteiger partial charge >= 0.3 is 0 Å². The van der Waals surface area contributed by atoms with Crippen LogP contribution in [0, 0.1) is 0 Å². The highest BCUT2D eigenvalue weighted by Crippen LogP contribution is 2.54. The minimum absolute atomic E-state index is 0.150. The number of hydrogen-bond acceptors (Lipinski definition) is 1. The van der Waals surface area contributed by atoms with Crippen LogP contribution in [0.25, 0.3) is 0 Å². The van der Waals surface area contributed by atoms with Gasteiger partial charge in [-0.05, 0) is 12.0 Å². The Hall–Kier alpha value is -1.59. The molecule has 0 aromatic heterocycles. The van der Waals surface area contributed by atoms with E-state index in [9.17, 15) is 4.57 Å². The molecule has 1 aliphatic rings. The van der Waals surface area contributed by atoms with Gasteiger partial charge in [0.1, 0.15) is 7.14 Å². The van der Waals surface area contributed by atoms with E-state index >= 15 is 0 Å². The Morgan fingerprint density at radius 3 is 2.26 bits per heavy atom. The van der Waals surface area contributed by atoms with E-state index in [0.29, 0.717) is 6.16 Å². The van der Waals surface area contributed by atoms with Gasteiger partial charge in [-0.2, -0.15) is 0 Å². The maximum absolute atomic E-state index is 13.3. The summed E-state index contributed by atoms with van der Waals surface area (Å²) < 4.78 is 13.3. The van der Waals surface area contributed by atoms with E-state index in [-0.39, 0.29) is 5.66 Å². The predicted molar refractivity (Wildman–Crippen MR) is 81.6 cm³/mol. The second-order valence-electron chi connectivity index (χ2n) is 5.00. The lowest BCUT2D eigenvalue weighted by atomic mass is 10.1. The number of allylic oxidation sites excluding steroid dienone is 2. The van der Waals surface area contributed by atoms with Crippen molar-refractivity contribution in [2.45, 2.75) is 12.1 Å². The Kier molecular flexibility index (Phi) is 3.40. The Morgan fingerprint density at radius 1 is 0.947 bits per heavy atom. The molecule has 2 unspecified atom stereocenters. The van der Waals surface area contributed by atoms with Crippen LogP contribution in [0.2, 0.25) is 0 Å². The first-order valence-electron chi connectivity index (χ1n) is 6.64. The van der Waals surface area contributed by atoms with E-state index < -0.39 is 7.14 Å². The Labute approximate surface area is 114 Å². The van der Waals surface area contributed by atoms with Crippen molar-refractivity contribution >= 4 is 12.4 Å². The third-order valence-electron chi connectivity index (χ3n) is 3.75. The Morgan fingerprint density at radius 2 is 1.58 bits per heavy atom. The van der Waals surface area contributed by atoms with Crippen molar-refractivity contribution in [2.75, 3.05) is 6.16 Å². The molecule has 0 radical (unpaired) electrons. The number of hydrogen-bond donors (Lipinski definition) is 0. The zero-order valence-electron chi connectivity index (χ0n) is 10.8. The van der Waals surface area contributed by atoms with Gasteiger partial charge in [0, 0.05) is 17.1 Å². The quantitative estimate of drug-likeness (QED) is 0.610. The van der Waals surface area contributed by atoms with Gasteiger partial charge in [0.2, 0.25) is 0 Å². The van der Waals surface area contributed by atoms with Gasteiger partial charge in [-0.3, -0.25) is 0 Å². The molecule has 19 heavy (non-hydrogen) atoms. The van der Waals surface area contributed by atoms with Gasteiger partial charge < -0.3 is 4.57 Å². The van der Waals surface area contributed by atoms with Crippen LogP contribution >= 0.6 is 7.14 Å². The van der Waals surface area contributed by atoms with Crippen LogP contribution in [0.15, 0.2) is 72.8 Å². The summed E-state index contributed by atoms with van der Waals surface area (Å²) in [7, 11) is -2.31. The second-order valence-corrected chi connectivity index (χ2v) is 8.13. The number of benzene rings is 2. The first-order valence-corrected chi connectivity index (χ1v) is 8.60. The zero-order chi connectivity index (χ0) is 13.1. The maximum atomic E-state index is 13.3. The summed E-state index contributed by atoms with van der Waals surface area (Å²) in [6.07, 6.45) is 5.79. The fraction of sp³-hybridized carbons (Fsp3) is 0.176. The molecule has 2 aromatic rings. The fourth-order valence-corrected chi connectivity index (χ4v) is 5.58. The van der Waals surface area contributed by atoms with E-state index in [4.69, 9.17) is 0 Å². The third-order valence-corrected chi connectivity index (χ3v) is 7.10. The summed E-state index contributed by atoms with van der Waals surface area (Å²) in [6.45, 7) is 0. The van der Waals surface area contributed by atoms with Crippen LogP contribution in [0.3, 0.4) is 0 Å². The first kappa shape index (κ1) is 12.4. The molecule has 0 N–H and O–H groups in total. The summed E-state index contributed by atoms with van der Waals surface area (Å²) in [5.74, 6) is 0. The average Bonchev–Trinajstić information content (AvgIpc) is 2.84. The highest BCUT2D eigenvalue weighted by molar-refractivity contribution is 7.72. The average molecular weight is 268 g/mol. The molecule has 0 fully saturated rings. The summed E-state index contributed by atoms with van der Waals surface area (Å²) in [6, 6.07) is 20.3. The van der Waals surface area contributed by atoms with E-state index in [1.54, 1.807) is 0 Å². The highest BCUT2D eigenvalue weighted by Gasteiger charge is 2.35. The van der Waals surface area contributed by atoms with Crippen LogP contribution in [0.1, 0.15) is 5.56 Å². The molecule has 0 aliphatic carbocycles. The number of rotatable bonds is 3. The maximum Gasteiger partial charge on any atom is 0.126 e. The summed E-state index contributed by atoms with van der Waals surface area (Å²) in [5.41, 5.74) is 1.41. The molecule has 2 heteroatoms. The van der Waals surface area contributed by atoms with E-state index in [1.165, 1.54) is 5.56 Å². The second kappa shape index (κ2) is 5.19. The molecule has 96 valence electrons. The van der Waals surface area contributed by atoms with Gasteiger partial charge in [-0.25, -0.2) is 0 Å². The van der Waals surface area contributed by atoms with Crippen LogP contribution in [0.5, 0.6) is 0 Å². The van der Waals surface area contributed by atoms with Gasteiger partial charge in [0.25, 0.3) is 0 Å². The van der Waals surface area contributed by atoms with Crippen molar-refractivity contribution < 1.29 is 4.57 Å². The van der Waals surface area contributed by atoms with Crippen molar-refractivity contribution in [1.29, 1.82) is 0 Å². The molecule has 0 saturated heterocycles. The van der Waals surface area contributed by atoms with Crippen molar-refractivity contribution in [1.82, 2.24) is 0 Å². The minimum Gasteiger partial charge on any atom is -0.318 e. The lowest BCUT2D eigenvalue weighted by Crippen LogP contribution is -2.16.